The van der Waals surface area contributed by atoms with Crippen LogP contribution in [0.1, 0.15) is 45.7 Å². The molecule has 0 atom stereocenters. The lowest BCUT2D eigenvalue weighted by molar-refractivity contribution is -0.124. The second-order valence-electron chi connectivity index (χ2n) is 8.88. The van der Waals surface area contributed by atoms with Gasteiger partial charge in [0.25, 0.3) is 11.8 Å². The molecule has 0 bridgehead atoms. The lowest BCUT2D eigenvalue weighted by Crippen LogP contribution is -2.38. The summed E-state index contributed by atoms with van der Waals surface area (Å²) in [6.45, 7) is 3.76. The Morgan fingerprint density at radius 2 is 1.78 bits per heavy atom. The normalized spacial score (nSPS) is 12.7. The molecule has 0 spiro atoms. The zero-order valence-electron chi connectivity index (χ0n) is 20.1. The number of benzene rings is 3. The first-order valence-electron chi connectivity index (χ1n) is 11.5. The fraction of sp³-hybridized carbons (Fsp3) is 0.222. The van der Waals surface area contributed by atoms with E-state index in [1.165, 1.54) is 17.0 Å². The Labute approximate surface area is 217 Å². The van der Waals surface area contributed by atoms with Crippen molar-refractivity contribution in [3.05, 3.63) is 93.5 Å². The summed E-state index contributed by atoms with van der Waals surface area (Å²) in [4.78, 5) is 39.2. The van der Waals surface area contributed by atoms with Crippen LogP contribution < -0.4 is 15.4 Å². The monoisotopic (exact) mass is 527 g/mol. The summed E-state index contributed by atoms with van der Waals surface area (Å²) in [5.41, 5.74) is 1.86. The molecule has 0 saturated carbocycles. The topological polar surface area (TPSA) is 87.7 Å². The van der Waals surface area contributed by atoms with Crippen LogP contribution in [0, 0.1) is 17.6 Å². The number of fused-ring (bicyclic) bond motifs is 1. The minimum absolute atomic E-state index is 0.0157. The predicted molar refractivity (Wildman–Crippen MR) is 134 cm³/mol. The van der Waals surface area contributed by atoms with Crippen LogP contribution in [0.25, 0.3) is 0 Å². The Morgan fingerprint density at radius 1 is 1.03 bits per heavy atom. The van der Waals surface area contributed by atoms with Gasteiger partial charge in [-0.25, -0.2) is 8.78 Å². The smallest absolute Gasteiger partial charge is 0.260 e. The average molecular weight is 528 g/mol. The minimum Gasteiger partial charge on any atom is -0.472 e. The van der Waals surface area contributed by atoms with Crippen molar-refractivity contribution in [2.45, 2.75) is 26.9 Å². The largest absolute Gasteiger partial charge is 0.472 e. The van der Waals surface area contributed by atoms with E-state index in [0.29, 0.717) is 22.6 Å². The average Bonchev–Trinajstić information content (AvgIpc) is 2.87. The maximum Gasteiger partial charge on any atom is 0.260 e. The predicted octanol–water partition coefficient (Wildman–Crippen LogP) is 5.14. The SMILES string of the molecule is CC(C)C(=O)NCc1ccc(Cl)c(C(=O)Nc2ccc3c(c2)C(=O)N(Cc2ccc(F)c(F)c2)CO3)c1. The maximum atomic E-state index is 13.6. The molecule has 2 N–H and O–H groups in total. The van der Waals surface area contributed by atoms with E-state index in [1.807, 2.05) is 0 Å². The van der Waals surface area contributed by atoms with E-state index < -0.39 is 17.5 Å². The molecular formula is C27H24ClF2N3O4. The van der Waals surface area contributed by atoms with Crippen LogP contribution >= 0.6 is 11.6 Å². The summed E-state index contributed by atoms with van der Waals surface area (Å²) in [5, 5.41) is 5.75. The molecule has 0 radical (unpaired) electrons. The molecule has 1 aliphatic heterocycles. The number of carbonyl (C=O) groups excluding carboxylic acids is 3. The summed E-state index contributed by atoms with van der Waals surface area (Å²) in [5.74, 6) is -2.79. The molecule has 3 aromatic carbocycles. The molecule has 0 aromatic heterocycles. The second kappa shape index (κ2) is 11.0. The summed E-state index contributed by atoms with van der Waals surface area (Å²) < 4.78 is 32.4. The second-order valence-corrected chi connectivity index (χ2v) is 9.28. The van der Waals surface area contributed by atoms with E-state index in [4.69, 9.17) is 16.3 Å². The first-order valence-corrected chi connectivity index (χ1v) is 11.9. The summed E-state index contributed by atoms with van der Waals surface area (Å²) >= 11 is 6.25. The first-order chi connectivity index (χ1) is 17.6. The van der Waals surface area contributed by atoms with Crippen LogP contribution in [-0.4, -0.2) is 29.4 Å². The van der Waals surface area contributed by atoms with Crippen molar-refractivity contribution in [3.63, 3.8) is 0 Å². The van der Waals surface area contributed by atoms with E-state index in [1.54, 1.807) is 44.2 Å². The standard InChI is InChI=1S/C27H24ClF2N3O4/c1-15(2)25(34)31-12-16-3-6-21(28)19(9-16)26(35)32-18-5-8-24-20(11-18)27(36)33(14-37-24)13-17-4-7-22(29)23(30)10-17/h3-11,15H,12-14H2,1-2H3,(H,31,34)(H,32,35). The molecule has 0 saturated heterocycles. The molecular weight excluding hydrogens is 504 g/mol. The van der Waals surface area contributed by atoms with Gasteiger partial charge in [0.2, 0.25) is 5.91 Å². The third-order valence-electron chi connectivity index (χ3n) is 5.75. The van der Waals surface area contributed by atoms with Gasteiger partial charge in [-0.2, -0.15) is 0 Å². The van der Waals surface area contributed by atoms with Crippen LogP contribution in [-0.2, 0) is 17.9 Å². The summed E-state index contributed by atoms with van der Waals surface area (Å²) in [6, 6.07) is 12.9. The van der Waals surface area contributed by atoms with Crippen molar-refractivity contribution < 1.29 is 27.9 Å². The highest BCUT2D eigenvalue weighted by Crippen LogP contribution is 2.29. The van der Waals surface area contributed by atoms with Gasteiger partial charge in [-0.05, 0) is 53.6 Å². The highest BCUT2D eigenvalue weighted by Gasteiger charge is 2.27. The van der Waals surface area contributed by atoms with Crippen LogP contribution in [0.2, 0.25) is 5.02 Å². The number of anilines is 1. The molecule has 0 fully saturated rings. The molecule has 1 heterocycles. The van der Waals surface area contributed by atoms with Gasteiger partial charge in [0.15, 0.2) is 18.4 Å². The molecule has 3 amide bonds. The number of ether oxygens (including phenoxy) is 1. The molecule has 4 rings (SSSR count). The Hall–Kier alpha value is -3.98. The third kappa shape index (κ3) is 6.06. The fourth-order valence-electron chi connectivity index (χ4n) is 3.70. The van der Waals surface area contributed by atoms with Gasteiger partial charge in [0, 0.05) is 24.7 Å². The van der Waals surface area contributed by atoms with Crippen molar-refractivity contribution in [3.8, 4) is 5.75 Å². The van der Waals surface area contributed by atoms with E-state index in [9.17, 15) is 23.2 Å². The van der Waals surface area contributed by atoms with E-state index >= 15 is 0 Å². The zero-order chi connectivity index (χ0) is 26.7. The number of rotatable bonds is 7. The molecule has 0 unspecified atom stereocenters. The summed E-state index contributed by atoms with van der Waals surface area (Å²) in [7, 11) is 0. The molecule has 1 aliphatic rings. The molecule has 37 heavy (non-hydrogen) atoms. The fourth-order valence-corrected chi connectivity index (χ4v) is 3.90. The number of nitrogens with one attached hydrogen (secondary N) is 2. The van der Waals surface area contributed by atoms with Crippen molar-refractivity contribution in [1.82, 2.24) is 10.2 Å². The number of halogens is 3. The summed E-state index contributed by atoms with van der Waals surface area (Å²) in [6.07, 6.45) is 0. The zero-order valence-corrected chi connectivity index (χ0v) is 20.9. The minimum atomic E-state index is -1.00. The Bertz CT molecular complexity index is 1380. The van der Waals surface area contributed by atoms with Crippen LogP contribution in [0.15, 0.2) is 54.6 Å². The van der Waals surface area contributed by atoms with Crippen LogP contribution in [0.3, 0.4) is 0 Å². The van der Waals surface area contributed by atoms with E-state index in [-0.39, 0.29) is 53.7 Å². The maximum absolute atomic E-state index is 13.6. The van der Waals surface area contributed by atoms with Gasteiger partial charge in [0.1, 0.15) is 5.75 Å². The number of amides is 3. The molecule has 10 heteroatoms. The van der Waals surface area contributed by atoms with E-state index in [0.717, 1.165) is 12.1 Å². The number of hydrogen-bond acceptors (Lipinski definition) is 4. The highest BCUT2D eigenvalue weighted by atomic mass is 35.5. The Kier molecular flexibility index (Phi) is 7.73. The van der Waals surface area contributed by atoms with Gasteiger partial charge >= 0.3 is 0 Å². The van der Waals surface area contributed by atoms with Gasteiger partial charge in [-0.1, -0.05) is 37.6 Å². The van der Waals surface area contributed by atoms with Crippen molar-refractivity contribution in [2.75, 3.05) is 12.0 Å². The Morgan fingerprint density at radius 3 is 2.51 bits per heavy atom. The first kappa shape index (κ1) is 26.1. The van der Waals surface area contributed by atoms with Crippen LogP contribution in [0.5, 0.6) is 5.75 Å². The van der Waals surface area contributed by atoms with Gasteiger partial charge in [-0.15, -0.1) is 0 Å². The molecule has 192 valence electrons. The van der Waals surface area contributed by atoms with Gasteiger partial charge in [0.05, 0.1) is 16.1 Å². The van der Waals surface area contributed by atoms with Gasteiger partial charge in [-0.3, -0.25) is 14.4 Å². The lowest BCUT2D eigenvalue weighted by atomic mass is 10.1. The lowest BCUT2D eigenvalue weighted by Gasteiger charge is -2.29. The molecule has 3 aromatic rings. The van der Waals surface area contributed by atoms with Gasteiger partial charge < -0.3 is 20.3 Å². The van der Waals surface area contributed by atoms with Crippen LogP contribution in [0.4, 0.5) is 14.5 Å². The molecule has 7 nitrogen and oxygen atoms in total. The molecule has 0 aliphatic carbocycles. The highest BCUT2D eigenvalue weighted by molar-refractivity contribution is 6.34. The Balaban J connectivity index is 1.48. The number of hydrogen-bond donors (Lipinski definition) is 2. The number of carbonyl (C=O) groups is 3. The van der Waals surface area contributed by atoms with Crippen molar-refractivity contribution in [2.24, 2.45) is 5.92 Å². The van der Waals surface area contributed by atoms with E-state index in [2.05, 4.69) is 10.6 Å². The quantitative estimate of drug-likeness (QED) is 0.445. The van der Waals surface area contributed by atoms with Crippen molar-refractivity contribution >= 4 is 35.0 Å². The number of nitrogens with zero attached hydrogens (tertiary/aromatic N) is 1. The van der Waals surface area contributed by atoms with Crippen molar-refractivity contribution in [1.29, 1.82) is 0 Å². The third-order valence-corrected chi connectivity index (χ3v) is 6.08.